The zero-order valence-corrected chi connectivity index (χ0v) is 8.61. The topological polar surface area (TPSA) is 69.7 Å². The molecule has 0 radical (unpaired) electrons. The van der Waals surface area contributed by atoms with Crippen molar-refractivity contribution >= 4 is 17.7 Å². The monoisotopic (exact) mass is 212 g/mol. The van der Waals surface area contributed by atoms with Gasteiger partial charge in [0, 0.05) is 5.92 Å². The number of carbonyl (C=O) groups excluding carboxylic acids is 3. The molecule has 0 saturated heterocycles. The summed E-state index contributed by atoms with van der Waals surface area (Å²) in [4.78, 5) is 34.1. The van der Waals surface area contributed by atoms with Crippen LogP contribution in [0.3, 0.4) is 0 Å². The Kier molecular flexibility index (Phi) is 2.93. The van der Waals surface area contributed by atoms with E-state index < -0.39 is 23.1 Å². The number of esters is 2. The lowest BCUT2D eigenvalue weighted by Gasteiger charge is -2.10. The Morgan fingerprint density at radius 3 is 2.27 bits per heavy atom. The molecule has 5 heteroatoms. The largest absolute Gasteiger partial charge is 0.468 e. The second-order valence-corrected chi connectivity index (χ2v) is 3.33. The predicted octanol–water partition coefficient (Wildman–Crippen LogP) is 0.0938. The molecule has 1 unspecified atom stereocenters. The van der Waals surface area contributed by atoms with Crippen LogP contribution in [-0.4, -0.2) is 31.9 Å². The molecular weight excluding hydrogens is 200 g/mol. The van der Waals surface area contributed by atoms with Gasteiger partial charge in [0.25, 0.3) is 5.78 Å². The number of Topliss-reactive ketones (excluding diaryl/α,β-unsaturated/α-hetero) is 1. The maximum atomic E-state index is 11.6. The number of ether oxygens (including phenoxy) is 2. The third kappa shape index (κ3) is 1.54. The van der Waals surface area contributed by atoms with Crippen LogP contribution in [0, 0.1) is 11.3 Å². The SMILES string of the molecule is C=CC1C[C@]1(C(=O)OC)C(=O)C(=O)OC. The molecule has 0 aromatic heterocycles. The van der Waals surface area contributed by atoms with Crippen LogP contribution < -0.4 is 0 Å². The van der Waals surface area contributed by atoms with E-state index in [1.165, 1.54) is 13.2 Å². The first-order chi connectivity index (χ1) is 7.04. The van der Waals surface area contributed by atoms with Gasteiger partial charge >= 0.3 is 11.9 Å². The van der Waals surface area contributed by atoms with E-state index >= 15 is 0 Å². The summed E-state index contributed by atoms with van der Waals surface area (Å²) < 4.78 is 8.81. The van der Waals surface area contributed by atoms with E-state index in [0.717, 1.165) is 7.11 Å². The van der Waals surface area contributed by atoms with Crippen LogP contribution in [0.2, 0.25) is 0 Å². The highest BCUT2D eigenvalue weighted by atomic mass is 16.5. The van der Waals surface area contributed by atoms with Gasteiger partial charge < -0.3 is 9.47 Å². The fourth-order valence-corrected chi connectivity index (χ4v) is 1.62. The van der Waals surface area contributed by atoms with Gasteiger partial charge in [0.1, 0.15) is 5.41 Å². The minimum Gasteiger partial charge on any atom is -0.468 e. The fourth-order valence-electron chi connectivity index (χ4n) is 1.62. The molecule has 1 aliphatic carbocycles. The number of carbonyl (C=O) groups is 3. The van der Waals surface area contributed by atoms with Gasteiger partial charge in [-0.05, 0) is 6.42 Å². The number of ketones is 1. The van der Waals surface area contributed by atoms with Crippen molar-refractivity contribution in [3.8, 4) is 0 Å². The van der Waals surface area contributed by atoms with E-state index in [1.807, 2.05) is 0 Å². The summed E-state index contributed by atoms with van der Waals surface area (Å²) in [7, 11) is 2.27. The van der Waals surface area contributed by atoms with Gasteiger partial charge in [-0.3, -0.25) is 9.59 Å². The number of allylic oxidation sites excluding steroid dienone is 1. The molecule has 1 saturated carbocycles. The van der Waals surface area contributed by atoms with Crippen molar-refractivity contribution in [2.45, 2.75) is 6.42 Å². The highest BCUT2D eigenvalue weighted by molar-refractivity contribution is 6.41. The summed E-state index contributed by atoms with van der Waals surface area (Å²) in [5.41, 5.74) is -1.39. The van der Waals surface area contributed by atoms with Crippen LogP contribution in [0.15, 0.2) is 12.7 Å². The lowest BCUT2D eigenvalue weighted by molar-refractivity contribution is -0.161. The summed E-state index contributed by atoms with van der Waals surface area (Å²) in [6, 6.07) is 0. The van der Waals surface area contributed by atoms with Gasteiger partial charge in [0.2, 0.25) is 0 Å². The second-order valence-electron chi connectivity index (χ2n) is 3.33. The quantitative estimate of drug-likeness (QED) is 0.286. The minimum absolute atomic E-state index is 0.261. The van der Waals surface area contributed by atoms with Crippen molar-refractivity contribution in [1.82, 2.24) is 0 Å². The molecule has 0 spiro atoms. The first kappa shape index (κ1) is 11.4. The number of hydrogen-bond acceptors (Lipinski definition) is 5. The molecule has 1 aliphatic rings. The zero-order chi connectivity index (χ0) is 11.6. The van der Waals surface area contributed by atoms with Gasteiger partial charge in [-0.15, -0.1) is 6.58 Å². The molecule has 2 atom stereocenters. The van der Waals surface area contributed by atoms with E-state index in [-0.39, 0.29) is 12.3 Å². The predicted molar refractivity (Wildman–Crippen MR) is 49.8 cm³/mol. The van der Waals surface area contributed by atoms with Gasteiger partial charge in [-0.25, -0.2) is 4.79 Å². The standard InChI is InChI=1S/C10H12O5/c1-4-6-5-10(6,9(13)15-3)7(11)8(12)14-2/h4,6H,1,5H2,2-3H3/t6?,10-/m1/s1. The van der Waals surface area contributed by atoms with Crippen molar-refractivity contribution in [2.24, 2.45) is 11.3 Å². The van der Waals surface area contributed by atoms with Crippen molar-refractivity contribution in [3.05, 3.63) is 12.7 Å². The van der Waals surface area contributed by atoms with Gasteiger partial charge in [0.05, 0.1) is 14.2 Å². The van der Waals surface area contributed by atoms with E-state index in [1.54, 1.807) is 0 Å². The lowest BCUT2D eigenvalue weighted by atomic mass is 9.98. The molecule has 0 N–H and O–H groups in total. The highest BCUT2D eigenvalue weighted by Gasteiger charge is 2.67. The van der Waals surface area contributed by atoms with E-state index in [9.17, 15) is 14.4 Å². The Balaban J connectivity index is 2.95. The third-order valence-electron chi connectivity index (χ3n) is 2.62. The molecule has 1 rings (SSSR count). The molecule has 5 nitrogen and oxygen atoms in total. The highest BCUT2D eigenvalue weighted by Crippen LogP contribution is 2.55. The van der Waals surface area contributed by atoms with Crippen molar-refractivity contribution < 1.29 is 23.9 Å². The number of methoxy groups -OCH3 is 2. The Labute approximate surface area is 87.0 Å². The Hall–Kier alpha value is -1.65. The van der Waals surface area contributed by atoms with Gasteiger partial charge in [0.15, 0.2) is 0 Å². The summed E-state index contributed by atoms with van der Waals surface area (Å²) in [5, 5.41) is 0. The van der Waals surface area contributed by atoms with E-state index in [2.05, 4.69) is 16.1 Å². The maximum absolute atomic E-state index is 11.6. The molecule has 0 heterocycles. The molecule has 15 heavy (non-hydrogen) atoms. The average molecular weight is 212 g/mol. The van der Waals surface area contributed by atoms with Crippen LogP contribution >= 0.6 is 0 Å². The van der Waals surface area contributed by atoms with E-state index in [0.29, 0.717) is 0 Å². The smallest absolute Gasteiger partial charge is 0.375 e. The van der Waals surface area contributed by atoms with Crippen molar-refractivity contribution in [2.75, 3.05) is 14.2 Å². The summed E-state index contributed by atoms with van der Waals surface area (Å²) in [5.74, 6) is -2.93. The Morgan fingerprint density at radius 1 is 1.33 bits per heavy atom. The van der Waals surface area contributed by atoms with Crippen LogP contribution in [0.5, 0.6) is 0 Å². The Bertz CT molecular complexity index is 333. The maximum Gasteiger partial charge on any atom is 0.375 e. The second kappa shape index (κ2) is 3.84. The van der Waals surface area contributed by atoms with Crippen LogP contribution in [0.4, 0.5) is 0 Å². The molecule has 0 aromatic carbocycles. The lowest BCUT2D eigenvalue weighted by Crippen LogP contribution is -2.35. The molecule has 0 aliphatic heterocycles. The van der Waals surface area contributed by atoms with Gasteiger partial charge in [-0.2, -0.15) is 0 Å². The first-order valence-electron chi connectivity index (χ1n) is 4.38. The molecule has 0 amide bonds. The molecule has 1 fully saturated rings. The third-order valence-corrected chi connectivity index (χ3v) is 2.62. The number of rotatable bonds is 4. The van der Waals surface area contributed by atoms with E-state index in [4.69, 9.17) is 0 Å². The zero-order valence-electron chi connectivity index (χ0n) is 8.61. The van der Waals surface area contributed by atoms with Crippen LogP contribution in [0.25, 0.3) is 0 Å². The molecule has 82 valence electrons. The Morgan fingerprint density at radius 2 is 1.93 bits per heavy atom. The summed E-state index contributed by atoms with van der Waals surface area (Å²) in [6.07, 6.45) is 1.73. The first-order valence-corrected chi connectivity index (χ1v) is 4.38. The van der Waals surface area contributed by atoms with Crippen LogP contribution in [-0.2, 0) is 23.9 Å². The number of hydrogen-bond donors (Lipinski definition) is 0. The normalized spacial score (nSPS) is 27.7. The molecule has 0 aromatic rings. The summed E-state index contributed by atoms with van der Waals surface area (Å²) >= 11 is 0. The average Bonchev–Trinajstić information content (AvgIpc) is 3.01. The van der Waals surface area contributed by atoms with Crippen LogP contribution in [0.1, 0.15) is 6.42 Å². The molecule has 0 bridgehead atoms. The fraction of sp³-hybridized carbons (Fsp3) is 0.500. The van der Waals surface area contributed by atoms with Gasteiger partial charge in [-0.1, -0.05) is 6.08 Å². The minimum atomic E-state index is -1.39. The molecular formula is C10H12O5. The van der Waals surface area contributed by atoms with Crippen molar-refractivity contribution in [1.29, 1.82) is 0 Å². The van der Waals surface area contributed by atoms with Crippen molar-refractivity contribution in [3.63, 3.8) is 0 Å². The summed E-state index contributed by atoms with van der Waals surface area (Å²) in [6.45, 7) is 3.49.